The number of hydrogen-bond donors (Lipinski definition) is 1. The Hall–Kier alpha value is -0.860. The van der Waals surface area contributed by atoms with Crippen LogP contribution < -0.4 is 0 Å². The third-order valence-corrected chi connectivity index (χ3v) is 5.41. The first-order valence-corrected chi connectivity index (χ1v) is 5.50. The van der Waals surface area contributed by atoms with E-state index >= 15 is 0 Å². The third-order valence-electron chi connectivity index (χ3n) is 5.41. The second-order valence-electron chi connectivity index (χ2n) is 5.91. The van der Waals surface area contributed by atoms with Crippen molar-refractivity contribution in [2.24, 2.45) is 16.2 Å². The fourth-order valence-corrected chi connectivity index (χ4v) is 3.66. The molecular formula is C12H18O3. The Morgan fingerprint density at radius 1 is 1.33 bits per heavy atom. The van der Waals surface area contributed by atoms with E-state index in [0.717, 1.165) is 12.8 Å². The first-order valence-electron chi connectivity index (χ1n) is 5.50. The van der Waals surface area contributed by atoms with Crippen LogP contribution in [0.5, 0.6) is 0 Å². The Morgan fingerprint density at radius 3 is 2.27 bits per heavy atom. The molecule has 2 bridgehead atoms. The first-order chi connectivity index (χ1) is 6.75. The smallest absolute Gasteiger partial charge is 0.303 e. The van der Waals surface area contributed by atoms with Gasteiger partial charge in [-0.25, -0.2) is 0 Å². The Labute approximate surface area is 89.9 Å². The molecule has 2 saturated carbocycles. The SMILES string of the molecule is CC1(C)[C@]2(CC(=O)O)CC[C@]1(C)C(=O)C2. The van der Waals surface area contributed by atoms with Gasteiger partial charge in [-0.15, -0.1) is 0 Å². The van der Waals surface area contributed by atoms with Crippen LogP contribution in [0.1, 0.15) is 46.5 Å². The summed E-state index contributed by atoms with van der Waals surface area (Å²) in [6.45, 7) is 6.13. The quantitative estimate of drug-likeness (QED) is 0.760. The highest BCUT2D eigenvalue weighted by atomic mass is 16.4. The summed E-state index contributed by atoms with van der Waals surface area (Å²) >= 11 is 0. The number of ketones is 1. The first kappa shape index (κ1) is 10.7. The molecule has 2 rings (SSSR count). The van der Waals surface area contributed by atoms with E-state index in [4.69, 9.17) is 5.11 Å². The Bertz CT molecular complexity index is 341. The van der Waals surface area contributed by atoms with Gasteiger partial charge in [0.1, 0.15) is 5.78 Å². The van der Waals surface area contributed by atoms with Gasteiger partial charge in [-0.3, -0.25) is 9.59 Å². The summed E-state index contributed by atoms with van der Waals surface area (Å²) < 4.78 is 0. The lowest BCUT2D eigenvalue weighted by Gasteiger charge is -2.39. The molecule has 0 aromatic carbocycles. The zero-order chi connectivity index (χ0) is 11.5. The molecule has 0 aromatic rings. The van der Waals surface area contributed by atoms with Gasteiger partial charge >= 0.3 is 5.97 Å². The molecule has 3 nitrogen and oxygen atoms in total. The maximum atomic E-state index is 12.0. The zero-order valence-electron chi connectivity index (χ0n) is 9.59. The number of hydrogen-bond acceptors (Lipinski definition) is 2. The molecule has 0 radical (unpaired) electrons. The second kappa shape index (κ2) is 2.63. The lowest BCUT2D eigenvalue weighted by molar-refractivity contribution is -0.141. The van der Waals surface area contributed by atoms with Crippen molar-refractivity contribution in [3.05, 3.63) is 0 Å². The van der Waals surface area contributed by atoms with Gasteiger partial charge in [-0.2, -0.15) is 0 Å². The molecule has 0 aromatic heterocycles. The van der Waals surface area contributed by atoms with Crippen LogP contribution >= 0.6 is 0 Å². The van der Waals surface area contributed by atoms with Crippen LogP contribution in [0, 0.1) is 16.2 Å². The minimum Gasteiger partial charge on any atom is -0.481 e. The van der Waals surface area contributed by atoms with E-state index in [1.807, 2.05) is 6.92 Å². The Balaban J connectivity index is 2.44. The fraction of sp³-hybridized carbons (Fsp3) is 0.833. The van der Waals surface area contributed by atoms with Crippen molar-refractivity contribution < 1.29 is 14.7 Å². The van der Waals surface area contributed by atoms with Crippen molar-refractivity contribution in [1.82, 2.24) is 0 Å². The summed E-state index contributed by atoms with van der Waals surface area (Å²) in [4.78, 5) is 22.9. The molecule has 1 N–H and O–H groups in total. The van der Waals surface area contributed by atoms with Crippen molar-refractivity contribution in [1.29, 1.82) is 0 Å². The number of Topliss-reactive ketones (excluding diaryl/α,β-unsaturated/α-hetero) is 1. The summed E-state index contributed by atoms with van der Waals surface area (Å²) in [6.07, 6.45) is 2.34. The molecule has 0 spiro atoms. The van der Waals surface area contributed by atoms with Gasteiger partial charge in [0, 0.05) is 11.8 Å². The lowest BCUT2D eigenvalue weighted by Crippen LogP contribution is -2.36. The van der Waals surface area contributed by atoms with Crippen LogP contribution in [0.3, 0.4) is 0 Å². The van der Waals surface area contributed by atoms with Crippen molar-refractivity contribution in [2.75, 3.05) is 0 Å². The van der Waals surface area contributed by atoms with Gasteiger partial charge in [0.25, 0.3) is 0 Å². The second-order valence-corrected chi connectivity index (χ2v) is 5.91. The van der Waals surface area contributed by atoms with Gasteiger partial charge in [0.15, 0.2) is 0 Å². The minimum absolute atomic E-state index is 0.140. The average Bonchev–Trinajstić information content (AvgIpc) is 2.33. The average molecular weight is 210 g/mol. The molecule has 3 heteroatoms. The maximum Gasteiger partial charge on any atom is 0.303 e. The standard InChI is InChI=1S/C12H18O3/c1-10(2)11(3)4-5-12(10,6-8(11)13)7-9(14)15/h4-7H2,1-3H3,(H,14,15)/t11-,12-/m1/s1. The highest BCUT2D eigenvalue weighted by Crippen LogP contribution is 2.71. The van der Waals surface area contributed by atoms with Gasteiger partial charge in [-0.1, -0.05) is 20.8 Å². The fourth-order valence-electron chi connectivity index (χ4n) is 3.66. The molecule has 2 aliphatic carbocycles. The molecular weight excluding hydrogens is 192 g/mol. The van der Waals surface area contributed by atoms with Crippen LogP contribution in [-0.2, 0) is 9.59 Å². The molecule has 84 valence electrons. The van der Waals surface area contributed by atoms with Crippen LogP contribution in [-0.4, -0.2) is 16.9 Å². The molecule has 0 unspecified atom stereocenters. The van der Waals surface area contributed by atoms with Crippen LogP contribution in [0.4, 0.5) is 0 Å². The van der Waals surface area contributed by atoms with Gasteiger partial charge in [0.2, 0.25) is 0 Å². The number of carbonyl (C=O) groups is 2. The molecule has 2 fully saturated rings. The number of carboxylic acid groups (broad SMARTS) is 1. The van der Waals surface area contributed by atoms with E-state index in [1.54, 1.807) is 0 Å². The number of aliphatic carboxylic acids is 1. The number of carboxylic acids is 1. The molecule has 15 heavy (non-hydrogen) atoms. The lowest BCUT2D eigenvalue weighted by atomic mass is 9.64. The van der Waals surface area contributed by atoms with E-state index in [2.05, 4.69) is 13.8 Å². The summed E-state index contributed by atoms with van der Waals surface area (Å²) in [5.41, 5.74) is -0.747. The van der Waals surface area contributed by atoms with Gasteiger partial charge in [0.05, 0.1) is 6.42 Å². The van der Waals surface area contributed by atoms with E-state index in [1.165, 1.54) is 0 Å². The van der Waals surface area contributed by atoms with E-state index in [9.17, 15) is 9.59 Å². The Morgan fingerprint density at radius 2 is 1.93 bits per heavy atom. The molecule has 0 heterocycles. The minimum atomic E-state index is -0.776. The van der Waals surface area contributed by atoms with Crippen molar-refractivity contribution in [2.45, 2.75) is 46.5 Å². The van der Waals surface area contributed by atoms with Crippen LogP contribution in [0.15, 0.2) is 0 Å². The summed E-state index contributed by atoms with van der Waals surface area (Å²) in [6, 6.07) is 0. The normalized spacial score (nSPS) is 42.2. The Kier molecular flexibility index (Phi) is 1.87. The number of rotatable bonds is 2. The van der Waals surface area contributed by atoms with E-state index in [-0.39, 0.29) is 28.4 Å². The molecule has 2 aliphatic rings. The summed E-state index contributed by atoms with van der Waals surface area (Å²) in [5.74, 6) is -0.512. The summed E-state index contributed by atoms with van der Waals surface area (Å²) in [7, 11) is 0. The van der Waals surface area contributed by atoms with Crippen molar-refractivity contribution in [3.8, 4) is 0 Å². The summed E-state index contributed by atoms with van der Waals surface area (Å²) in [5, 5.41) is 8.98. The van der Waals surface area contributed by atoms with Crippen LogP contribution in [0.25, 0.3) is 0 Å². The number of carbonyl (C=O) groups excluding carboxylic acids is 1. The van der Waals surface area contributed by atoms with E-state index in [0.29, 0.717) is 6.42 Å². The van der Waals surface area contributed by atoms with Crippen molar-refractivity contribution >= 4 is 11.8 Å². The molecule has 0 saturated heterocycles. The predicted octanol–water partition coefficient (Wildman–Crippen LogP) is 2.25. The number of fused-ring (bicyclic) bond motifs is 2. The van der Waals surface area contributed by atoms with E-state index < -0.39 is 5.97 Å². The highest BCUT2D eigenvalue weighted by molar-refractivity contribution is 5.91. The monoisotopic (exact) mass is 210 g/mol. The molecule has 0 aliphatic heterocycles. The largest absolute Gasteiger partial charge is 0.481 e. The van der Waals surface area contributed by atoms with Gasteiger partial charge < -0.3 is 5.11 Å². The zero-order valence-corrected chi connectivity index (χ0v) is 9.59. The van der Waals surface area contributed by atoms with Crippen LogP contribution in [0.2, 0.25) is 0 Å². The predicted molar refractivity (Wildman–Crippen MR) is 55.4 cm³/mol. The third kappa shape index (κ3) is 1.01. The van der Waals surface area contributed by atoms with Crippen molar-refractivity contribution in [3.63, 3.8) is 0 Å². The maximum absolute atomic E-state index is 12.0. The molecule has 2 atom stereocenters. The topological polar surface area (TPSA) is 54.4 Å². The molecule has 0 amide bonds. The van der Waals surface area contributed by atoms with Gasteiger partial charge in [-0.05, 0) is 23.7 Å². The highest BCUT2D eigenvalue weighted by Gasteiger charge is 2.69.